The number of aryl methyl sites for hydroxylation is 2. The highest BCUT2D eigenvalue weighted by Crippen LogP contribution is 2.32. The fourth-order valence-corrected chi connectivity index (χ4v) is 5.79. The number of hydrogen-bond acceptors (Lipinski definition) is 5. The third-order valence-corrected chi connectivity index (χ3v) is 7.93. The molecule has 1 N–H and O–H groups in total. The number of rotatable bonds is 9. The summed E-state index contributed by atoms with van der Waals surface area (Å²) in [7, 11) is 5.95. The van der Waals surface area contributed by atoms with E-state index in [9.17, 15) is 9.59 Å². The lowest BCUT2D eigenvalue weighted by Crippen LogP contribution is -2.35. The zero-order chi connectivity index (χ0) is 26.6. The summed E-state index contributed by atoms with van der Waals surface area (Å²) in [5, 5.41) is 4.83. The molecule has 1 aliphatic rings. The zero-order valence-electron chi connectivity index (χ0n) is 22.6. The van der Waals surface area contributed by atoms with Gasteiger partial charge in [-0.1, -0.05) is 49.6 Å². The Morgan fingerprint density at radius 2 is 1.63 bits per heavy atom. The molecule has 4 aromatic rings. The van der Waals surface area contributed by atoms with Gasteiger partial charge in [0.2, 0.25) is 0 Å². The van der Waals surface area contributed by atoms with Gasteiger partial charge in [-0.2, -0.15) is 0 Å². The summed E-state index contributed by atoms with van der Waals surface area (Å²) < 4.78 is 1.89. The molecule has 1 fully saturated rings. The van der Waals surface area contributed by atoms with E-state index in [1.165, 1.54) is 19.3 Å². The highest BCUT2D eigenvalue weighted by Gasteiger charge is 2.24. The summed E-state index contributed by atoms with van der Waals surface area (Å²) >= 11 is 0. The van der Waals surface area contributed by atoms with E-state index in [1.807, 2.05) is 62.1 Å². The number of carbonyl (C=O) groups is 2. The van der Waals surface area contributed by atoms with E-state index in [2.05, 4.69) is 22.3 Å². The fourth-order valence-electron chi connectivity index (χ4n) is 5.79. The second-order valence-electron chi connectivity index (χ2n) is 10.9. The van der Waals surface area contributed by atoms with Gasteiger partial charge in [0.05, 0.1) is 11.1 Å². The zero-order valence-corrected chi connectivity index (χ0v) is 22.6. The number of amides is 1. The van der Waals surface area contributed by atoms with Crippen LogP contribution in [-0.2, 0) is 18.3 Å². The number of para-hydroxylation sites is 2. The highest BCUT2D eigenvalue weighted by atomic mass is 16.2. The van der Waals surface area contributed by atoms with E-state index in [1.54, 1.807) is 6.20 Å². The van der Waals surface area contributed by atoms with Crippen molar-refractivity contribution in [3.8, 4) is 0 Å². The Morgan fingerprint density at radius 1 is 0.947 bits per heavy atom. The predicted octanol–water partition coefficient (Wildman–Crippen LogP) is 5.32. The molecular weight excluding hydrogens is 474 g/mol. The van der Waals surface area contributed by atoms with Gasteiger partial charge in [0.1, 0.15) is 11.6 Å². The number of carbonyl (C=O) groups excluding carboxylic acids is 2. The van der Waals surface area contributed by atoms with Gasteiger partial charge in [0.15, 0.2) is 0 Å². The molecule has 1 aliphatic carbocycles. The summed E-state index contributed by atoms with van der Waals surface area (Å²) in [4.78, 5) is 37.2. The van der Waals surface area contributed by atoms with Crippen LogP contribution in [0.15, 0.2) is 54.7 Å². The Balaban J connectivity index is 1.07. The van der Waals surface area contributed by atoms with Crippen LogP contribution in [0.25, 0.3) is 21.8 Å². The van der Waals surface area contributed by atoms with Crippen molar-refractivity contribution in [1.82, 2.24) is 19.9 Å². The van der Waals surface area contributed by atoms with Gasteiger partial charge in [-0.05, 0) is 49.3 Å². The maximum atomic E-state index is 12.8. The average molecular weight is 512 g/mol. The number of benzene rings is 2. The number of fused-ring (bicyclic) bond motifs is 2. The van der Waals surface area contributed by atoms with Crippen molar-refractivity contribution in [2.75, 3.05) is 25.5 Å². The Bertz CT molecular complexity index is 1450. The number of nitrogens with one attached hydrogen (secondary N) is 1. The average Bonchev–Trinajstić information content (AvgIpc) is 3.27. The van der Waals surface area contributed by atoms with Crippen molar-refractivity contribution in [2.24, 2.45) is 18.9 Å². The van der Waals surface area contributed by atoms with E-state index in [-0.39, 0.29) is 0 Å². The first-order valence-electron chi connectivity index (χ1n) is 13.7. The van der Waals surface area contributed by atoms with Gasteiger partial charge in [0, 0.05) is 56.6 Å². The lowest BCUT2D eigenvalue weighted by Gasteiger charge is -2.28. The smallest absolute Gasteiger partial charge is 0.292 e. The molecule has 5 rings (SSSR count). The lowest BCUT2D eigenvalue weighted by molar-refractivity contribution is -0.117. The van der Waals surface area contributed by atoms with Crippen LogP contribution in [0.3, 0.4) is 0 Å². The van der Waals surface area contributed by atoms with Gasteiger partial charge in [0.25, 0.3) is 11.7 Å². The molecule has 0 radical (unpaired) electrons. The van der Waals surface area contributed by atoms with Gasteiger partial charge < -0.3 is 14.8 Å². The van der Waals surface area contributed by atoms with Crippen LogP contribution in [0.1, 0.15) is 54.7 Å². The van der Waals surface area contributed by atoms with Crippen LogP contribution in [0, 0.1) is 11.8 Å². The van der Waals surface area contributed by atoms with E-state index >= 15 is 0 Å². The molecule has 38 heavy (non-hydrogen) atoms. The van der Waals surface area contributed by atoms with E-state index < -0.39 is 11.7 Å². The lowest BCUT2D eigenvalue weighted by atomic mass is 9.80. The Hall–Kier alpha value is -3.74. The van der Waals surface area contributed by atoms with Crippen molar-refractivity contribution >= 4 is 39.3 Å². The summed E-state index contributed by atoms with van der Waals surface area (Å²) in [5.74, 6) is 2.07. The topological polar surface area (TPSA) is 80.1 Å². The highest BCUT2D eigenvalue weighted by molar-refractivity contribution is 6.45. The van der Waals surface area contributed by atoms with E-state index in [0.717, 1.165) is 59.1 Å². The van der Waals surface area contributed by atoms with Gasteiger partial charge in [-0.25, -0.2) is 9.97 Å². The van der Waals surface area contributed by atoms with Crippen LogP contribution in [0.4, 0.5) is 5.82 Å². The fraction of sp³-hybridized carbons (Fsp3) is 0.419. The second-order valence-corrected chi connectivity index (χ2v) is 10.9. The molecule has 2 aromatic carbocycles. The van der Waals surface area contributed by atoms with Crippen molar-refractivity contribution in [3.05, 3.63) is 66.1 Å². The van der Waals surface area contributed by atoms with E-state index in [4.69, 9.17) is 9.97 Å². The van der Waals surface area contributed by atoms with Crippen LogP contribution >= 0.6 is 0 Å². The minimum absolute atomic E-state index is 0.432. The number of ketones is 1. The normalized spacial score (nSPS) is 17.6. The molecule has 2 heterocycles. The van der Waals surface area contributed by atoms with Crippen LogP contribution in [0.5, 0.6) is 0 Å². The number of anilines is 1. The van der Waals surface area contributed by atoms with Crippen molar-refractivity contribution < 1.29 is 9.59 Å². The molecule has 0 bridgehead atoms. The predicted molar refractivity (Wildman–Crippen MR) is 153 cm³/mol. The molecule has 0 aliphatic heterocycles. The summed E-state index contributed by atoms with van der Waals surface area (Å²) in [6.45, 7) is 0.570. The standard InChI is InChI=1S/C31H37N5O2/c1-35(2)30-24-11-4-6-12-26(24)33-28(34-30)14-8-9-21-15-17-22(18-16-21)19-32-31(38)29(37)25-20-36(3)27-13-7-5-10-23(25)27/h4-7,10-13,20-22H,8-9,14-19H2,1-3H3,(H,32,38). The number of aromatic nitrogens is 3. The van der Waals surface area contributed by atoms with Crippen molar-refractivity contribution in [3.63, 3.8) is 0 Å². The van der Waals surface area contributed by atoms with Crippen LogP contribution < -0.4 is 10.2 Å². The maximum Gasteiger partial charge on any atom is 0.292 e. The van der Waals surface area contributed by atoms with Crippen molar-refractivity contribution in [2.45, 2.75) is 44.9 Å². The molecule has 7 nitrogen and oxygen atoms in total. The number of Topliss-reactive ketones (excluding diaryl/α,β-unsaturated/α-hetero) is 1. The van der Waals surface area contributed by atoms with Crippen molar-refractivity contribution in [1.29, 1.82) is 0 Å². The van der Waals surface area contributed by atoms with Gasteiger partial charge >= 0.3 is 0 Å². The first-order chi connectivity index (χ1) is 18.4. The molecule has 0 saturated heterocycles. The Kier molecular flexibility index (Phi) is 7.72. The summed E-state index contributed by atoms with van der Waals surface area (Å²) in [6.07, 6.45) is 9.40. The minimum Gasteiger partial charge on any atom is -0.362 e. The van der Waals surface area contributed by atoms with Gasteiger partial charge in [-0.3, -0.25) is 9.59 Å². The Labute approximate surface area is 224 Å². The molecule has 0 atom stereocenters. The molecule has 0 spiro atoms. The Morgan fingerprint density at radius 3 is 2.39 bits per heavy atom. The SMILES string of the molecule is CN(C)c1nc(CCCC2CCC(CNC(=O)C(=O)c3cn(C)c4ccccc34)CC2)nc2ccccc12. The minimum atomic E-state index is -0.504. The van der Waals surface area contributed by atoms with Gasteiger partial charge in [-0.15, -0.1) is 0 Å². The molecule has 2 aromatic heterocycles. The molecular formula is C31H37N5O2. The number of hydrogen-bond donors (Lipinski definition) is 1. The molecule has 1 amide bonds. The largest absolute Gasteiger partial charge is 0.362 e. The first-order valence-corrected chi connectivity index (χ1v) is 13.7. The summed E-state index contributed by atoms with van der Waals surface area (Å²) in [6, 6.07) is 15.9. The summed E-state index contributed by atoms with van der Waals surface area (Å²) in [5.41, 5.74) is 2.42. The maximum absolute atomic E-state index is 12.8. The molecule has 0 unspecified atom stereocenters. The molecule has 198 valence electrons. The van der Waals surface area contributed by atoms with Crippen LogP contribution in [0.2, 0.25) is 0 Å². The first kappa shape index (κ1) is 25.9. The third-order valence-electron chi connectivity index (χ3n) is 7.93. The second kappa shape index (κ2) is 11.3. The van der Waals surface area contributed by atoms with Crippen LogP contribution in [-0.4, -0.2) is 46.9 Å². The monoisotopic (exact) mass is 511 g/mol. The number of nitrogens with zero attached hydrogens (tertiary/aromatic N) is 4. The molecule has 1 saturated carbocycles. The third kappa shape index (κ3) is 5.57. The molecule has 7 heteroatoms. The quantitative estimate of drug-likeness (QED) is 0.243. The van der Waals surface area contributed by atoms with E-state index in [0.29, 0.717) is 23.9 Å².